The molecular formula is C14H13F2N3O. The maximum atomic E-state index is 13.7. The first-order chi connectivity index (χ1) is 9.47. The molecule has 1 heterocycles. The summed E-state index contributed by atoms with van der Waals surface area (Å²) in [6.07, 6.45) is 0. The Balaban J connectivity index is 2.13. The molecule has 0 saturated carbocycles. The number of anilines is 1. The van der Waals surface area contributed by atoms with Crippen LogP contribution in [0.5, 0.6) is 0 Å². The van der Waals surface area contributed by atoms with Gasteiger partial charge in [0.05, 0.1) is 23.5 Å². The van der Waals surface area contributed by atoms with E-state index in [0.29, 0.717) is 5.69 Å². The number of hydrogen-bond donors (Lipinski definition) is 2. The number of hydrogen-bond acceptors (Lipinski definition) is 3. The number of rotatable bonds is 3. The zero-order valence-corrected chi connectivity index (χ0v) is 10.8. The van der Waals surface area contributed by atoms with Gasteiger partial charge in [-0.1, -0.05) is 6.07 Å². The largest absolute Gasteiger partial charge is 0.396 e. The second kappa shape index (κ2) is 5.64. The van der Waals surface area contributed by atoms with E-state index in [2.05, 4.69) is 10.3 Å². The molecule has 20 heavy (non-hydrogen) atoms. The van der Waals surface area contributed by atoms with Gasteiger partial charge in [-0.15, -0.1) is 0 Å². The summed E-state index contributed by atoms with van der Waals surface area (Å²) < 4.78 is 26.8. The number of aryl methyl sites for hydroxylation is 1. The Morgan fingerprint density at radius 3 is 2.80 bits per heavy atom. The Kier molecular flexibility index (Phi) is 3.93. The highest BCUT2D eigenvalue weighted by molar-refractivity contribution is 5.95. The van der Waals surface area contributed by atoms with Crippen molar-refractivity contribution in [1.29, 1.82) is 0 Å². The molecule has 0 aliphatic rings. The van der Waals surface area contributed by atoms with Crippen molar-refractivity contribution < 1.29 is 13.6 Å². The molecule has 4 nitrogen and oxygen atoms in total. The number of nitrogens with zero attached hydrogens (tertiary/aromatic N) is 1. The molecule has 0 saturated heterocycles. The molecule has 0 spiro atoms. The maximum absolute atomic E-state index is 13.7. The molecule has 6 heteroatoms. The molecule has 3 N–H and O–H groups in total. The Labute approximate surface area is 114 Å². The van der Waals surface area contributed by atoms with E-state index in [4.69, 9.17) is 5.73 Å². The van der Waals surface area contributed by atoms with Crippen LogP contribution in [0.2, 0.25) is 0 Å². The Hall–Kier alpha value is -2.50. The summed E-state index contributed by atoms with van der Waals surface area (Å²) in [7, 11) is 0. The van der Waals surface area contributed by atoms with Gasteiger partial charge in [-0.25, -0.2) is 8.78 Å². The molecule has 0 aliphatic heterocycles. The van der Waals surface area contributed by atoms with Gasteiger partial charge in [0, 0.05) is 5.69 Å². The minimum absolute atomic E-state index is 0.121. The quantitative estimate of drug-likeness (QED) is 0.845. The maximum Gasteiger partial charge on any atom is 0.254 e. The van der Waals surface area contributed by atoms with Crippen LogP contribution in [0.4, 0.5) is 14.5 Å². The zero-order chi connectivity index (χ0) is 14.7. The fourth-order valence-corrected chi connectivity index (χ4v) is 1.74. The number of nitrogen functional groups attached to an aromatic ring is 1. The lowest BCUT2D eigenvalue weighted by Crippen LogP contribution is -2.25. The molecule has 0 radical (unpaired) electrons. The number of carbonyl (C=O) groups is 1. The fourth-order valence-electron chi connectivity index (χ4n) is 1.74. The monoisotopic (exact) mass is 277 g/mol. The third kappa shape index (κ3) is 3.09. The van der Waals surface area contributed by atoms with Crippen molar-refractivity contribution in [3.05, 3.63) is 58.9 Å². The molecule has 0 unspecified atom stereocenters. The van der Waals surface area contributed by atoms with Crippen LogP contribution in [0.15, 0.2) is 30.3 Å². The second-order valence-corrected chi connectivity index (χ2v) is 4.31. The summed E-state index contributed by atoms with van der Waals surface area (Å²) in [6, 6.07) is 6.98. The lowest BCUT2D eigenvalue weighted by Gasteiger charge is -2.08. The topological polar surface area (TPSA) is 68.0 Å². The molecule has 1 amide bonds. The van der Waals surface area contributed by atoms with Gasteiger partial charge >= 0.3 is 0 Å². The molecule has 0 aliphatic carbocycles. The van der Waals surface area contributed by atoms with Gasteiger partial charge < -0.3 is 11.1 Å². The van der Waals surface area contributed by atoms with E-state index in [0.717, 1.165) is 17.8 Å². The summed E-state index contributed by atoms with van der Waals surface area (Å²) >= 11 is 0. The van der Waals surface area contributed by atoms with E-state index in [9.17, 15) is 13.6 Å². The number of nitrogens with one attached hydrogen (secondary N) is 1. The van der Waals surface area contributed by atoms with E-state index in [1.54, 1.807) is 12.1 Å². The van der Waals surface area contributed by atoms with Crippen LogP contribution in [0.3, 0.4) is 0 Å². The standard InChI is InChI=1S/C14H13F2N3O/c1-8-3-2-4-10(19-8)7-18-14(20)11-5-9(15)6-12(17)13(11)16/h2-6H,7,17H2,1H3,(H,18,20). The van der Waals surface area contributed by atoms with Gasteiger partial charge in [-0.3, -0.25) is 9.78 Å². The molecule has 0 atom stereocenters. The predicted molar refractivity (Wildman–Crippen MR) is 70.9 cm³/mol. The minimum atomic E-state index is -0.930. The van der Waals surface area contributed by atoms with E-state index >= 15 is 0 Å². The summed E-state index contributed by atoms with van der Waals surface area (Å²) in [5, 5.41) is 2.47. The average Bonchev–Trinajstić information content (AvgIpc) is 2.40. The van der Waals surface area contributed by atoms with E-state index in [1.165, 1.54) is 0 Å². The van der Waals surface area contributed by atoms with Crippen molar-refractivity contribution in [2.75, 3.05) is 5.73 Å². The highest BCUT2D eigenvalue weighted by Crippen LogP contribution is 2.17. The lowest BCUT2D eigenvalue weighted by atomic mass is 10.1. The molecule has 1 aromatic heterocycles. The van der Waals surface area contributed by atoms with Crippen LogP contribution in [-0.2, 0) is 6.54 Å². The van der Waals surface area contributed by atoms with Crippen molar-refractivity contribution in [2.45, 2.75) is 13.5 Å². The lowest BCUT2D eigenvalue weighted by molar-refractivity contribution is 0.0946. The number of carbonyl (C=O) groups excluding carboxylic acids is 1. The normalized spacial score (nSPS) is 10.3. The van der Waals surface area contributed by atoms with Crippen LogP contribution >= 0.6 is 0 Å². The van der Waals surface area contributed by atoms with Crippen LogP contribution in [0.1, 0.15) is 21.7 Å². The number of amides is 1. The molecule has 2 rings (SSSR count). The van der Waals surface area contributed by atoms with Gasteiger partial charge in [-0.05, 0) is 31.2 Å². The first-order valence-electron chi connectivity index (χ1n) is 5.92. The van der Waals surface area contributed by atoms with Crippen molar-refractivity contribution in [1.82, 2.24) is 10.3 Å². The minimum Gasteiger partial charge on any atom is -0.396 e. The summed E-state index contributed by atoms with van der Waals surface area (Å²) in [5.41, 5.74) is 5.89. The smallest absolute Gasteiger partial charge is 0.254 e. The van der Waals surface area contributed by atoms with Crippen LogP contribution < -0.4 is 11.1 Å². The molecule has 104 valence electrons. The molecule has 0 fully saturated rings. The number of nitrogens with two attached hydrogens (primary N) is 1. The SMILES string of the molecule is Cc1cccc(CNC(=O)c2cc(F)cc(N)c2F)n1. The zero-order valence-electron chi connectivity index (χ0n) is 10.8. The van der Waals surface area contributed by atoms with Gasteiger partial charge in [0.15, 0.2) is 5.82 Å². The Bertz CT molecular complexity index is 659. The number of halogens is 2. The van der Waals surface area contributed by atoms with E-state index in [1.807, 2.05) is 13.0 Å². The van der Waals surface area contributed by atoms with Crippen LogP contribution in [-0.4, -0.2) is 10.9 Å². The van der Waals surface area contributed by atoms with Gasteiger partial charge in [0.2, 0.25) is 0 Å². The Morgan fingerprint density at radius 1 is 1.35 bits per heavy atom. The van der Waals surface area contributed by atoms with E-state index < -0.39 is 28.8 Å². The van der Waals surface area contributed by atoms with Gasteiger partial charge in [0.25, 0.3) is 5.91 Å². The van der Waals surface area contributed by atoms with Crippen molar-refractivity contribution in [2.24, 2.45) is 0 Å². The Morgan fingerprint density at radius 2 is 2.10 bits per heavy atom. The van der Waals surface area contributed by atoms with E-state index in [-0.39, 0.29) is 6.54 Å². The first kappa shape index (κ1) is 13.9. The third-order valence-electron chi connectivity index (χ3n) is 2.69. The van der Waals surface area contributed by atoms with Gasteiger partial charge in [0.1, 0.15) is 5.82 Å². The summed E-state index contributed by atoms with van der Waals surface area (Å²) in [4.78, 5) is 16.0. The van der Waals surface area contributed by atoms with Gasteiger partial charge in [-0.2, -0.15) is 0 Å². The highest BCUT2D eigenvalue weighted by Gasteiger charge is 2.15. The predicted octanol–water partition coefficient (Wildman–Crippen LogP) is 2.18. The molecule has 2 aromatic rings. The van der Waals surface area contributed by atoms with Crippen molar-refractivity contribution in [3.8, 4) is 0 Å². The fraction of sp³-hybridized carbons (Fsp3) is 0.143. The summed E-state index contributed by atoms with van der Waals surface area (Å²) in [6.45, 7) is 1.94. The molecular weight excluding hydrogens is 264 g/mol. The van der Waals surface area contributed by atoms with Crippen molar-refractivity contribution in [3.63, 3.8) is 0 Å². The average molecular weight is 277 g/mol. The second-order valence-electron chi connectivity index (χ2n) is 4.31. The van der Waals surface area contributed by atoms with Crippen LogP contribution in [0, 0.1) is 18.6 Å². The molecule has 1 aromatic carbocycles. The number of aromatic nitrogens is 1. The third-order valence-corrected chi connectivity index (χ3v) is 2.69. The number of benzene rings is 1. The number of pyridine rings is 1. The first-order valence-corrected chi connectivity index (χ1v) is 5.92. The highest BCUT2D eigenvalue weighted by atomic mass is 19.1. The summed E-state index contributed by atoms with van der Waals surface area (Å²) in [5.74, 6) is -2.43. The van der Waals surface area contributed by atoms with Crippen LogP contribution in [0.25, 0.3) is 0 Å². The van der Waals surface area contributed by atoms with Crippen molar-refractivity contribution >= 4 is 11.6 Å². The molecule has 0 bridgehead atoms.